The Hall–Kier alpha value is -3.58. The van der Waals surface area contributed by atoms with Gasteiger partial charge in [0, 0.05) is 36.1 Å². The fraction of sp³-hybridized carbons (Fsp3) is 0.308. The zero-order valence-electron chi connectivity index (χ0n) is 19.3. The van der Waals surface area contributed by atoms with Crippen molar-refractivity contribution in [2.45, 2.75) is 33.4 Å². The number of H-pyrrole nitrogens is 1. The molecule has 2 aromatic carbocycles. The number of benzene rings is 2. The maximum Gasteiger partial charge on any atom is 0.231 e. The van der Waals surface area contributed by atoms with E-state index in [0.29, 0.717) is 0 Å². The van der Waals surface area contributed by atoms with Gasteiger partial charge in [-0.2, -0.15) is 10.2 Å². The second-order valence-corrected chi connectivity index (χ2v) is 8.65. The van der Waals surface area contributed by atoms with Crippen LogP contribution in [0.4, 0.5) is 0 Å². The van der Waals surface area contributed by atoms with E-state index >= 15 is 0 Å². The number of nitrogens with zero attached hydrogens (tertiary/aromatic N) is 4. The third-order valence-corrected chi connectivity index (χ3v) is 6.14. The minimum Gasteiger partial charge on any atom is -0.454 e. The smallest absolute Gasteiger partial charge is 0.231 e. The van der Waals surface area contributed by atoms with Crippen LogP contribution in [0.1, 0.15) is 28.1 Å². The molecular formula is C26H29N5O2. The summed E-state index contributed by atoms with van der Waals surface area (Å²) in [6, 6.07) is 16.5. The van der Waals surface area contributed by atoms with Gasteiger partial charge < -0.3 is 14.4 Å². The molecule has 3 heterocycles. The molecule has 170 valence electrons. The zero-order chi connectivity index (χ0) is 22.8. The second kappa shape index (κ2) is 9.11. The maximum atomic E-state index is 5.61. The summed E-state index contributed by atoms with van der Waals surface area (Å²) in [5.74, 6) is 1.56. The van der Waals surface area contributed by atoms with Gasteiger partial charge in [-0.1, -0.05) is 30.3 Å². The van der Waals surface area contributed by atoms with Crippen LogP contribution in [0, 0.1) is 13.8 Å². The molecule has 0 unspecified atom stereocenters. The van der Waals surface area contributed by atoms with Crippen LogP contribution in [0.5, 0.6) is 11.5 Å². The van der Waals surface area contributed by atoms with Crippen molar-refractivity contribution in [1.29, 1.82) is 0 Å². The topological polar surface area (TPSA) is 68.2 Å². The quantitative estimate of drug-likeness (QED) is 0.439. The Bertz CT molecular complexity index is 1230. The average molecular weight is 444 g/mol. The van der Waals surface area contributed by atoms with E-state index in [9.17, 15) is 0 Å². The molecule has 0 fully saturated rings. The van der Waals surface area contributed by atoms with Crippen LogP contribution in [0.15, 0.2) is 54.7 Å². The molecule has 0 atom stereocenters. The zero-order valence-corrected chi connectivity index (χ0v) is 19.3. The first kappa shape index (κ1) is 21.3. The highest BCUT2D eigenvalue weighted by atomic mass is 16.7. The fourth-order valence-corrected chi connectivity index (χ4v) is 4.33. The lowest BCUT2D eigenvalue weighted by Gasteiger charge is -2.16. The van der Waals surface area contributed by atoms with Gasteiger partial charge >= 0.3 is 0 Å². The van der Waals surface area contributed by atoms with Crippen molar-refractivity contribution in [2.24, 2.45) is 0 Å². The summed E-state index contributed by atoms with van der Waals surface area (Å²) in [4.78, 5) is 2.34. The third-order valence-electron chi connectivity index (χ3n) is 6.14. The Morgan fingerprint density at radius 3 is 2.67 bits per heavy atom. The molecule has 0 spiro atoms. The average Bonchev–Trinajstić information content (AvgIpc) is 3.52. The van der Waals surface area contributed by atoms with Gasteiger partial charge in [-0.15, -0.1) is 0 Å². The number of likely N-dealkylation sites (N-methyl/N-ethyl adjacent to an activating group) is 1. The lowest BCUT2D eigenvalue weighted by molar-refractivity contribution is 0.174. The Morgan fingerprint density at radius 2 is 1.88 bits per heavy atom. The number of aryl methyl sites for hydroxylation is 2. The van der Waals surface area contributed by atoms with Crippen LogP contribution >= 0.6 is 0 Å². The summed E-state index contributed by atoms with van der Waals surface area (Å²) in [6.07, 6.45) is 3.12. The molecule has 0 saturated carbocycles. The summed E-state index contributed by atoms with van der Waals surface area (Å²) < 4.78 is 13.1. The molecule has 1 aliphatic heterocycles. The molecule has 2 aromatic heterocycles. The van der Waals surface area contributed by atoms with E-state index in [2.05, 4.69) is 72.5 Å². The van der Waals surface area contributed by atoms with Crippen molar-refractivity contribution in [3.63, 3.8) is 0 Å². The molecule has 0 bridgehead atoms. The normalized spacial score (nSPS) is 12.6. The molecular weight excluding hydrogens is 414 g/mol. The molecule has 0 aliphatic carbocycles. The SMILES string of the molecule is Cc1n[nH]c(C)c1CCN(C)Cc1cn(Cc2ccccc2)nc1-c1ccc2c(c1)OCO2. The first-order valence-electron chi connectivity index (χ1n) is 11.3. The van der Waals surface area contributed by atoms with E-state index in [-0.39, 0.29) is 6.79 Å². The largest absolute Gasteiger partial charge is 0.454 e. The fourth-order valence-electron chi connectivity index (χ4n) is 4.33. The summed E-state index contributed by atoms with van der Waals surface area (Å²) in [6.45, 7) is 6.88. The second-order valence-electron chi connectivity index (χ2n) is 8.65. The first-order chi connectivity index (χ1) is 16.1. The molecule has 4 aromatic rings. The van der Waals surface area contributed by atoms with Gasteiger partial charge in [-0.3, -0.25) is 9.78 Å². The molecule has 0 amide bonds. The lowest BCUT2D eigenvalue weighted by Crippen LogP contribution is -2.21. The van der Waals surface area contributed by atoms with Crippen molar-refractivity contribution in [3.05, 3.63) is 82.8 Å². The molecule has 7 nitrogen and oxygen atoms in total. The Kier molecular flexibility index (Phi) is 5.88. The summed E-state index contributed by atoms with van der Waals surface area (Å²) in [5.41, 5.74) is 7.96. The Balaban J connectivity index is 1.39. The molecule has 1 N–H and O–H groups in total. The molecule has 5 rings (SSSR count). The monoisotopic (exact) mass is 443 g/mol. The van der Waals surface area contributed by atoms with Crippen LogP contribution in [0.3, 0.4) is 0 Å². The van der Waals surface area contributed by atoms with E-state index in [1.54, 1.807) is 0 Å². The van der Waals surface area contributed by atoms with Gasteiger partial charge in [0.05, 0.1) is 17.9 Å². The van der Waals surface area contributed by atoms with Crippen molar-refractivity contribution < 1.29 is 9.47 Å². The number of aromatic amines is 1. The van der Waals surface area contributed by atoms with Crippen molar-refractivity contribution >= 4 is 0 Å². The van der Waals surface area contributed by atoms with Crippen LogP contribution in [-0.2, 0) is 19.5 Å². The van der Waals surface area contributed by atoms with Gasteiger partial charge in [-0.25, -0.2) is 0 Å². The predicted molar refractivity (Wildman–Crippen MR) is 127 cm³/mol. The van der Waals surface area contributed by atoms with Crippen LogP contribution in [-0.4, -0.2) is 45.3 Å². The van der Waals surface area contributed by atoms with Crippen molar-refractivity contribution in [2.75, 3.05) is 20.4 Å². The Morgan fingerprint density at radius 1 is 1.06 bits per heavy atom. The summed E-state index contributed by atoms with van der Waals surface area (Å²) in [7, 11) is 2.16. The van der Waals surface area contributed by atoms with Gasteiger partial charge in [0.15, 0.2) is 11.5 Å². The highest BCUT2D eigenvalue weighted by molar-refractivity contribution is 5.67. The molecule has 33 heavy (non-hydrogen) atoms. The van der Waals surface area contributed by atoms with E-state index in [4.69, 9.17) is 14.6 Å². The maximum absolute atomic E-state index is 5.61. The number of ether oxygens (including phenoxy) is 2. The van der Waals surface area contributed by atoms with Gasteiger partial charge in [0.1, 0.15) is 0 Å². The van der Waals surface area contributed by atoms with E-state index in [0.717, 1.165) is 60.2 Å². The van der Waals surface area contributed by atoms with E-state index in [1.807, 2.05) is 22.9 Å². The predicted octanol–water partition coefficient (Wildman–Crippen LogP) is 4.34. The molecule has 1 aliphatic rings. The van der Waals surface area contributed by atoms with Crippen LogP contribution in [0.2, 0.25) is 0 Å². The number of fused-ring (bicyclic) bond motifs is 1. The van der Waals surface area contributed by atoms with Gasteiger partial charge in [0.25, 0.3) is 0 Å². The highest BCUT2D eigenvalue weighted by Gasteiger charge is 2.19. The number of hydrogen-bond acceptors (Lipinski definition) is 5. The standard InChI is InChI=1S/C26H29N5O2/c1-18-23(19(2)28-27-18)11-12-30(3)15-22-16-31(14-20-7-5-4-6-8-20)29-26(22)21-9-10-24-25(13-21)33-17-32-24/h4-10,13,16H,11-12,14-15,17H2,1-3H3,(H,27,28). The number of nitrogens with one attached hydrogen (secondary N) is 1. The van der Waals surface area contributed by atoms with Gasteiger partial charge in [-0.05, 0) is 56.6 Å². The molecule has 0 radical (unpaired) electrons. The molecule has 0 saturated heterocycles. The minimum absolute atomic E-state index is 0.268. The van der Waals surface area contributed by atoms with E-state index in [1.165, 1.54) is 16.7 Å². The molecule has 7 heteroatoms. The number of aromatic nitrogens is 4. The number of hydrogen-bond donors (Lipinski definition) is 1. The highest BCUT2D eigenvalue weighted by Crippen LogP contribution is 2.36. The minimum atomic E-state index is 0.268. The van der Waals surface area contributed by atoms with Crippen molar-refractivity contribution in [3.8, 4) is 22.8 Å². The lowest BCUT2D eigenvalue weighted by atomic mass is 10.1. The Labute approximate surface area is 194 Å². The van der Waals surface area contributed by atoms with E-state index < -0.39 is 0 Å². The van der Waals surface area contributed by atoms with Crippen LogP contribution in [0.25, 0.3) is 11.3 Å². The summed E-state index contributed by atoms with van der Waals surface area (Å²) >= 11 is 0. The van der Waals surface area contributed by atoms with Crippen molar-refractivity contribution in [1.82, 2.24) is 24.9 Å². The summed E-state index contributed by atoms with van der Waals surface area (Å²) in [5, 5.41) is 12.4. The van der Waals surface area contributed by atoms with Crippen LogP contribution < -0.4 is 9.47 Å². The van der Waals surface area contributed by atoms with Gasteiger partial charge in [0.2, 0.25) is 6.79 Å². The first-order valence-corrected chi connectivity index (χ1v) is 11.3. The number of rotatable bonds is 8. The third kappa shape index (κ3) is 4.64.